The van der Waals surface area contributed by atoms with Gasteiger partial charge in [0.2, 0.25) is 0 Å². The van der Waals surface area contributed by atoms with Crippen LogP contribution in [0.3, 0.4) is 0 Å². The average Bonchev–Trinajstić information content (AvgIpc) is 3.57. The fraction of sp³-hybridized carbons (Fsp3) is 0. The smallest absolute Gasteiger partial charge is 0.0547 e. The number of para-hydroxylation sites is 2. The maximum atomic E-state index is 2.39. The van der Waals surface area contributed by atoms with Crippen LogP contribution in [0.15, 0.2) is 206 Å². The van der Waals surface area contributed by atoms with Gasteiger partial charge in [-0.1, -0.05) is 146 Å². The Kier molecular flexibility index (Phi) is 7.18. The second-order valence-electron chi connectivity index (χ2n) is 13.4. The second-order valence-corrected chi connectivity index (χ2v) is 13.4. The molecule has 0 aliphatic heterocycles. The number of benzene rings is 9. The topological polar surface area (TPSA) is 8.17 Å². The molecule has 0 saturated carbocycles. The summed E-state index contributed by atoms with van der Waals surface area (Å²) in [6.07, 6.45) is 0. The minimum absolute atomic E-state index is 1.11. The predicted octanol–water partition coefficient (Wildman–Crippen LogP) is 13.9. The summed E-state index contributed by atoms with van der Waals surface area (Å²) in [5.41, 5.74) is 11.8. The van der Waals surface area contributed by atoms with Crippen molar-refractivity contribution in [3.05, 3.63) is 206 Å². The van der Waals surface area contributed by atoms with Crippen molar-refractivity contribution in [3.8, 4) is 27.9 Å². The van der Waals surface area contributed by atoms with Crippen molar-refractivity contribution in [2.45, 2.75) is 0 Å². The molecule has 0 unspecified atom stereocenters. The van der Waals surface area contributed by atoms with Crippen molar-refractivity contribution in [2.75, 3.05) is 4.90 Å². The van der Waals surface area contributed by atoms with Gasteiger partial charge < -0.3 is 9.47 Å². The van der Waals surface area contributed by atoms with Gasteiger partial charge in [-0.15, -0.1) is 0 Å². The molecular weight excluding hydrogens is 629 g/mol. The fourth-order valence-corrected chi connectivity index (χ4v) is 7.92. The van der Waals surface area contributed by atoms with Gasteiger partial charge in [0.25, 0.3) is 0 Å². The minimum Gasteiger partial charge on any atom is -0.310 e. The lowest BCUT2D eigenvalue weighted by Gasteiger charge is -2.26. The molecule has 2 heteroatoms. The Morgan fingerprint density at radius 3 is 1.65 bits per heavy atom. The van der Waals surface area contributed by atoms with Gasteiger partial charge in [-0.25, -0.2) is 0 Å². The van der Waals surface area contributed by atoms with E-state index in [2.05, 4.69) is 216 Å². The van der Waals surface area contributed by atoms with Crippen LogP contribution in [0, 0.1) is 0 Å². The monoisotopic (exact) mass is 662 g/mol. The number of rotatable bonds is 6. The van der Waals surface area contributed by atoms with Crippen LogP contribution in [0.25, 0.3) is 71.3 Å². The molecule has 10 rings (SSSR count). The zero-order valence-corrected chi connectivity index (χ0v) is 28.5. The highest BCUT2D eigenvalue weighted by Crippen LogP contribution is 2.42. The molecule has 10 aromatic rings. The molecular formula is C50H34N2. The highest BCUT2D eigenvalue weighted by Gasteiger charge is 2.18. The molecule has 244 valence electrons. The van der Waals surface area contributed by atoms with E-state index in [9.17, 15) is 0 Å². The molecule has 0 saturated heterocycles. The van der Waals surface area contributed by atoms with E-state index in [4.69, 9.17) is 0 Å². The molecule has 0 spiro atoms. The normalized spacial score (nSPS) is 11.5. The van der Waals surface area contributed by atoms with E-state index < -0.39 is 0 Å². The number of fused-ring (bicyclic) bond motifs is 6. The van der Waals surface area contributed by atoms with Crippen LogP contribution < -0.4 is 4.90 Å². The summed E-state index contributed by atoms with van der Waals surface area (Å²) < 4.78 is 2.39. The lowest BCUT2D eigenvalue weighted by atomic mass is 9.98. The van der Waals surface area contributed by atoms with Crippen LogP contribution in [0.1, 0.15) is 0 Å². The van der Waals surface area contributed by atoms with Gasteiger partial charge in [0.15, 0.2) is 0 Å². The predicted molar refractivity (Wildman–Crippen MR) is 221 cm³/mol. The van der Waals surface area contributed by atoms with Gasteiger partial charge in [-0.05, 0) is 104 Å². The van der Waals surface area contributed by atoms with E-state index >= 15 is 0 Å². The van der Waals surface area contributed by atoms with Crippen molar-refractivity contribution < 1.29 is 0 Å². The van der Waals surface area contributed by atoms with Gasteiger partial charge in [0.1, 0.15) is 0 Å². The van der Waals surface area contributed by atoms with Gasteiger partial charge >= 0.3 is 0 Å². The van der Waals surface area contributed by atoms with Crippen LogP contribution in [0.2, 0.25) is 0 Å². The first-order valence-electron chi connectivity index (χ1n) is 17.9. The maximum absolute atomic E-state index is 2.39. The van der Waals surface area contributed by atoms with E-state index in [-0.39, 0.29) is 0 Å². The first-order valence-corrected chi connectivity index (χ1v) is 17.9. The number of hydrogen-bond acceptors (Lipinski definition) is 1. The van der Waals surface area contributed by atoms with Crippen molar-refractivity contribution in [1.82, 2.24) is 4.57 Å². The Labute approximate surface area is 303 Å². The molecule has 0 atom stereocenters. The van der Waals surface area contributed by atoms with Gasteiger partial charge in [0.05, 0.1) is 11.0 Å². The molecule has 2 nitrogen and oxygen atoms in total. The number of anilines is 3. The third kappa shape index (κ3) is 5.04. The van der Waals surface area contributed by atoms with E-state index in [0.29, 0.717) is 0 Å². The van der Waals surface area contributed by atoms with Crippen LogP contribution in [0.5, 0.6) is 0 Å². The van der Waals surface area contributed by atoms with Crippen LogP contribution in [-0.4, -0.2) is 4.57 Å². The quantitative estimate of drug-likeness (QED) is 0.172. The Bertz CT molecular complexity index is 2860. The summed E-state index contributed by atoms with van der Waals surface area (Å²) in [6, 6.07) is 74.6. The van der Waals surface area contributed by atoms with Crippen LogP contribution in [0.4, 0.5) is 17.1 Å². The molecule has 0 aliphatic carbocycles. The first-order chi connectivity index (χ1) is 25.8. The SMILES string of the molecule is c1ccc(-c2ccc(N(c3ccc(-c4cccc5ccccc45)cc3)c3ccc4ccc5c(c4c3)c3ccccc3n5-c3ccccc3)cc2)cc1. The maximum Gasteiger partial charge on any atom is 0.0547 e. The van der Waals surface area contributed by atoms with Crippen molar-refractivity contribution in [1.29, 1.82) is 0 Å². The van der Waals surface area contributed by atoms with Gasteiger partial charge in [-0.2, -0.15) is 0 Å². The van der Waals surface area contributed by atoms with E-state index in [1.807, 2.05) is 0 Å². The Morgan fingerprint density at radius 1 is 0.327 bits per heavy atom. The van der Waals surface area contributed by atoms with Crippen molar-refractivity contribution >= 4 is 60.4 Å². The second kappa shape index (κ2) is 12.5. The first kappa shape index (κ1) is 30.0. The zero-order valence-electron chi connectivity index (χ0n) is 28.5. The summed E-state index contributed by atoms with van der Waals surface area (Å²) >= 11 is 0. The number of nitrogens with zero attached hydrogens (tertiary/aromatic N) is 2. The van der Waals surface area contributed by atoms with Gasteiger partial charge in [-0.3, -0.25) is 0 Å². The molecule has 0 N–H and O–H groups in total. The van der Waals surface area contributed by atoms with Crippen LogP contribution in [-0.2, 0) is 0 Å². The molecule has 0 radical (unpaired) electrons. The molecule has 0 amide bonds. The Morgan fingerprint density at radius 2 is 0.885 bits per heavy atom. The summed E-state index contributed by atoms with van der Waals surface area (Å²) in [5, 5.41) is 7.49. The average molecular weight is 663 g/mol. The number of hydrogen-bond donors (Lipinski definition) is 0. The van der Waals surface area contributed by atoms with Crippen LogP contribution >= 0.6 is 0 Å². The van der Waals surface area contributed by atoms with E-state index in [1.54, 1.807) is 0 Å². The minimum atomic E-state index is 1.11. The largest absolute Gasteiger partial charge is 0.310 e. The highest BCUT2D eigenvalue weighted by molar-refractivity contribution is 6.22. The third-order valence-electron chi connectivity index (χ3n) is 10.4. The molecule has 0 aliphatic rings. The van der Waals surface area contributed by atoms with Crippen molar-refractivity contribution in [3.63, 3.8) is 0 Å². The summed E-state index contributed by atoms with van der Waals surface area (Å²) in [7, 11) is 0. The highest BCUT2D eigenvalue weighted by atomic mass is 15.1. The zero-order chi connectivity index (χ0) is 34.4. The molecule has 0 bridgehead atoms. The fourth-order valence-electron chi connectivity index (χ4n) is 7.92. The lowest BCUT2D eigenvalue weighted by Crippen LogP contribution is -2.10. The van der Waals surface area contributed by atoms with E-state index in [1.165, 1.54) is 65.6 Å². The van der Waals surface area contributed by atoms with Crippen molar-refractivity contribution in [2.24, 2.45) is 0 Å². The molecule has 9 aromatic carbocycles. The van der Waals surface area contributed by atoms with Gasteiger partial charge in [0, 0.05) is 33.5 Å². The summed E-state index contributed by atoms with van der Waals surface area (Å²) in [4.78, 5) is 2.39. The Balaban J connectivity index is 1.16. The lowest BCUT2D eigenvalue weighted by molar-refractivity contribution is 1.18. The molecule has 0 fully saturated rings. The molecule has 1 aromatic heterocycles. The molecule has 1 heterocycles. The summed E-state index contributed by atoms with van der Waals surface area (Å²) in [5.74, 6) is 0. The summed E-state index contributed by atoms with van der Waals surface area (Å²) in [6.45, 7) is 0. The van der Waals surface area contributed by atoms with E-state index in [0.717, 1.165) is 22.7 Å². The molecule has 52 heavy (non-hydrogen) atoms. The standard InChI is InChI=1S/C50H34N2/c1-3-12-35(13-4-1)36-22-28-41(29-23-36)51(42-30-24-38(25-31-42)45-20-11-15-37-14-7-8-18-44(37)45)43-32-26-39-27-33-49-50(47(39)34-43)46-19-9-10-21-48(46)52(49)40-16-5-2-6-17-40/h1-34H. The third-order valence-corrected chi connectivity index (χ3v) is 10.4. The number of aromatic nitrogens is 1. The Hall–Kier alpha value is -6.90.